The van der Waals surface area contributed by atoms with Crippen LogP contribution in [0.2, 0.25) is 0 Å². The number of carbonyl (C=O) groups is 1. The summed E-state index contributed by atoms with van der Waals surface area (Å²) in [5.74, 6) is 1.47. The van der Waals surface area contributed by atoms with Crippen molar-refractivity contribution in [2.24, 2.45) is 0 Å². The predicted molar refractivity (Wildman–Crippen MR) is 79.8 cm³/mol. The zero-order chi connectivity index (χ0) is 13.7. The van der Waals surface area contributed by atoms with Crippen LogP contribution in [0.5, 0.6) is 0 Å². The molecule has 0 aromatic carbocycles. The molecule has 2 unspecified atom stereocenters. The van der Waals surface area contributed by atoms with Crippen LogP contribution in [0, 0.1) is 0 Å². The first-order chi connectivity index (χ1) is 9.16. The average Bonchev–Trinajstić information content (AvgIpc) is 2.39. The Morgan fingerprint density at radius 1 is 1.32 bits per heavy atom. The van der Waals surface area contributed by atoms with E-state index >= 15 is 0 Å². The highest BCUT2D eigenvalue weighted by Gasteiger charge is 2.26. The van der Waals surface area contributed by atoms with Crippen LogP contribution in [-0.4, -0.2) is 71.1 Å². The van der Waals surface area contributed by atoms with E-state index in [2.05, 4.69) is 16.8 Å². The van der Waals surface area contributed by atoms with Crippen molar-refractivity contribution >= 4 is 17.7 Å². The van der Waals surface area contributed by atoms with Gasteiger partial charge in [-0.15, -0.1) is 0 Å². The van der Waals surface area contributed by atoms with Gasteiger partial charge < -0.3 is 10.0 Å². The molecule has 2 atom stereocenters. The number of carboxylic acids is 1. The Labute approximate surface area is 120 Å². The zero-order valence-corrected chi connectivity index (χ0v) is 12.7. The third kappa shape index (κ3) is 4.65. The summed E-state index contributed by atoms with van der Waals surface area (Å²) in [7, 11) is 2.23. The van der Waals surface area contributed by atoms with Crippen molar-refractivity contribution in [3.8, 4) is 0 Å². The molecule has 0 radical (unpaired) electrons. The van der Waals surface area contributed by atoms with Crippen molar-refractivity contribution in [2.45, 2.75) is 44.2 Å². The topological polar surface area (TPSA) is 43.8 Å². The molecule has 110 valence electrons. The monoisotopic (exact) mass is 286 g/mol. The molecule has 0 aliphatic carbocycles. The molecule has 2 heterocycles. The molecule has 19 heavy (non-hydrogen) atoms. The van der Waals surface area contributed by atoms with Crippen LogP contribution in [0.1, 0.15) is 32.1 Å². The highest BCUT2D eigenvalue weighted by molar-refractivity contribution is 7.99. The number of aliphatic carboxylic acids is 1. The van der Waals surface area contributed by atoms with Crippen LogP contribution in [0.3, 0.4) is 0 Å². The van der Waals surface area contributed by atoms with Gasteiger partial charge in [0.1, 0.15) is 0 Å². The van der Waals surface area contributed by atoms with E-state index in [1.807, 2.05) is 11.8 Å². The second kappa shape index (κ2) is 7.50. The van der Waals surface area contributed by atoms with Crippen molar-refractivity contribution in [1.82, 2.24) is 9.80 Å². The highest BCUT2D eigenvalue weighted by Crippen LogP contribution is 2.22. The molecular formula is C14H26N2O2S. The minimum absolute atomic E-state index is 0.241. The molecule has 0 amide bonds. The first kappa shape index (κ1) is 15.1. The van der Waals surface area contributed by atoms with Crippen molar-refractivity contribution in [3.05, 3.63) is 0 Å². The van der Waals surface area contributed by atoms with Crippen LogP contribution >= 0.6 is 11.8 Å². The van der Waals surface area contributed by atoms with Crippen LogP contribution in [0.4, 0.5) is 0 Å². The van der Waals surface area contributed by atoms with E-state index in [1.54, 1.807) is 0 Å². The van der Waals surface area contributed by atoms with Gasteiger partial charge in [-0.1, -0.05) is 6.42 Å². The molecule has 2 aliphatic rings. The van der Waals surface area contributed by atoms with Gasteiger partial charge in [-0.3, -0.25) is 9.69 Å². The van der Waals surface area contributed by atoms with Gasteiger partial charge in [-0.05, 0) is 39.4 Å². The third-order valence-corrected chi connectivity index (χ3v) is 5.52. The minimum Gasteiger partial charge on any atom is -0.481 e. The molecular weight excluding hydrogens is 260 g/mol. The van der Waals surface area contributed by atoms with E-state index in [0.29, 0.717) is 12.5 Å². The lowest BCUT2D eigenvalue weighted by Crippen LogP contribution is -2.46. The van der Waals surface area contributed by atoms with E-state index in [-0.39, 0.29) is 6.04 Å². The standard InChI is InChI=1S/C14H26N2O2S/c1-15-6-3-2-4-12(15)5-7-16-8-9-19-11-13(16)10-14(17)18/h12-13H,2-11H2,1H3,(H,17,18). The fourth-order valence-corrected chi connectivity index (χ4v) is 4.33. The van der Waals surface area contributed by atoms with Gasteiger partial charge in [0.05, 0.1) is 6.42 Å². The average molecular weight is 286 g/mol. The van der Waals surface area contributed by atoms with Crippen molar-refractivity contribution in [2.75, 3.05) is 38.2 Å². The number of hydrogen-bond acceptors (Lipinski definition) is 4. The quantitative estimate of drug-likeness (QED) is 0.834. The van der Waals surface area contributed by atoms with E-state index in [0.717, 1.165) is 24.6 Å². The Kier molecular flexibility index (Phi) is 5.98. The summed E-state index contributed by atoms with van der Waals surface area (Å²) in [6, 6.07) is 0.943. The SMILES string of the molecule is CN1CCCCC1CCN1CCSCC1CC(=O)O. The summed E-state index contributed by atoms with van der Waals surface area (Å²) in [5, 5.41) is 9.00. The van der Waals surface area contributed by atoms with Gasteiger partial charge in [-0.2, -0.15) is 11.8 Å². The van der Waals surface area contributed by atoms with Crippen LogP contribution in [0.15, 0.2) is 0 Å². The normalized spacial score (nSPS) is 30.4. The number of rotatable bonds is 5. The first-order valence-corrected chi connectivity index (χ1v) is 8.56. The number of likely N-dealkylation sites (tertiary alicyclic amines) is 1. The Bertz CT molecular complexity index is 301. The first-order valence-electron chi connectivity index (χ1n) is 7.40. The van der Waals surface area contributed by atoms with Crippen molar-refractivity contribution in [1.29, 1.82) is 0 Å². The molecule has 0 aromatic rings. The molecule has 4 nitrogen and oxygen atoms in total. The molecule has 5 heteroatoms. The van der Waals surface area contributed by atoms with Gasteiger partial charge >= 0.3 is 5.97 Å². The Morgan fingerprint density at radius 2 is 2.16 bits per heavy atom. The maximum Gasteiger partial charge on any atom is 0.304 e. The lowest BCUT2D eigenvalue weighted by Gasteiger charge is -2.38. The smallest absolute Gasteiger partial charge is 0.304 e. The van der Waals surface area contributed by atoms with Crippen LogP contribution in [0.25, 0.3) is 0 Å². The zero-order valence-electron chi connectivity index (χ0n) is 11.9. The van der Waals surface area contributed by atoms with E-state index in [1.165, 1.54) is 32.2 Å². The van der Waals surface area contributed by atoms with E-state index in [9.17, 15) is 4.79 Å². The molecule has 0 bridgehead atoms. The minimum atomic E-state index is -0.660. The summed E-state index contributed by atoms with van der Waals surface area (Å²) in [5.41, 5.74) is 0. The maximum absolute atomic E-state index is 10.9. The third-order valence-electron chi connectivity index (χ3n) is 4.43. The molecule has 2 fully saturated rings. The Hall–Kier alpha value is -0.260. The van der Waals surface area contributed by atoms with Gasteiger partial charge in [-0.25, -0.2) is 0 Å². The van der Waals surface area contributed by atoms with Crippen LogP contribution in [-0.2, 0) is 4.79 Å². The summed E-state index contributed by atoms with van der Waals surface area (Å²) in [4.78, 5) is 15.8. The highest BCUT2D eigenvalue weighted by atomic mass is 32.2. The summed E-state index contributed by atoms with van der Waals surface area (Å²) < 4.78 is 0. The van der Waals surface area contributed by atoms with Crippen molar-refractivity contribution < 1.29 is 9.90 Å². The molecule has 0 saturated carbocycles. The molecule has 0 aromatic heterocycles. The largest absolute Gasteiger partial charge is 0.481 e. The second-order valence-corrected chi connectivity index (χ2v) is 6.93. The fourth-order valence-electron chi connectivity index (χ4n) is 3.20. The predicted octanol–water partition coefficient (Wildman–Crippen LogP) is 1.75. The second-order valence-electron chi connectivity index (χ2n) is 5.78. The lowest BCUT2D eigenvalue weighted by molar-refractivity contribution is -0.138. The van der Waals surface area contributed by atoms with Crippen molar-refractivity contribution in [3.63, 3.8) is 0 Å². The summed E-state index contributed by atoms with van der Waals surface area (Å²) in [6.45, 7) is 3.34. The Morgan fingerprint density at radius 3 is 2.89 bits per heavy atom. The molecule has 2 aliphatic heterocycles. The lowest BCUT2D eigenvalue weighted by atomic mass is 9.99. The van der Waals surface area contributed by atoms with E-state index < -0.39 is 5.97 Å². The Balaban J connectivity index is 1.80. The number of carboxylic acid groups (broad SMARTS) is 1. The van der Waals surface area contributed by atoms with Gasteiger partial charge in [0, 0.05) is 30.1 Å². The number of piperidine rings is 1. The molecule has 2 rings (SSSR count). The van der Waals surface area contributed by atoms with Gasteiger partial charge in [0.25, 0.3) is 0 Å². The molecule has 1 N–H and O–H groups in total. The number of hydrogen-bond donors (Lipinski definition) is 1. The molecule has 2 saturated heterocycles. The fraction of sp³-hybridized carbons (Fsp3) is 0.929. The summed E-state index contributed by atoms with van der Waals surface area (Å²) in [6.07, 6.45) is 5.48. The van der Waals surface area contributed by atoms with Gasteiger partial charge in [0.2, 0.25) is 0 Å². The van der Waals surface area contributed by atoms with Gasteiger partial charge in [0.15, 0.2) is 0 Å². The van der Waals surface area contributed by atoms with E-state index in [4.69, 9.17) is 5.11 Å². The molecule has 0 spiro atoms. The summed E-state index contributed by atoms with van der Waals surface area (Å²) >= 11 is 1.90. The number of nitrogens with zero attached hydrogens (tertiary/aromatic N) is 2. The maximum atomic E-state index is 10.9. The number of thioether (sulfide) groups is 1. The van der Waals surface area contributed by atoms with Crippen LogP contribution < -0.4 is 0 Å².